The fourth-order valence-corrected chi connectivity index (χ4v) is 3.93. The van der Waals surface area contributed by atoms with E-state index < -0.39 is 17.8 Å². The van der Waals surface area contributed by atoms with Gasteiger partial charge in [-0.1, -0.05) is 25.1 Å². The molecule has 0 unspecified atom stereocenters. The number of pyridine rings is 2. The molecule has 4 nitrogen and oxygen atoms in total. The number of aryl methyl sites for hydroxylation is 1. The Labute approximate surface area is 172 Å². The van der Waals surface area contributed by atoms with Crippen LogP contribution in [0.1, 0.15) is 12.6 Å². The quantitative estimate of drug-likeness (QED) is 0.292. The average molecular weight is 438 g/mol. The van der Waals surface area contributed by atoms with Crippen LogP contribution in [0, 0.1) is 0 Å². The fourth-order valence-electron chi connectivity index (χ4n) is 3.14. The standard InChI is InChI=1S/C20H15F5N4S/c1-3-30-15-8-11-6-4-5-7-12(11)27-17(15)18-28-13-9-16(19(21,22)20(23,24)25)26-10-14(13)29(18)2/h4-10H,3H2,1-2H3. The van der Waals surface area contributed by atoms with E-state index >= 15 is 0 Å². The van der Waals surface area contributed by atoms with Gasteiger partial charge in [-0.05, 0) is 24.0 Å². The second kappa shape index (κ2) is 7.19. The lowest BCUT2D eigenvalue weighted by molar-refractivity contribution is -0.290. The SMILES string of the molecule is CCSc1cc2ccccc2nc1-c1nc2cc(C(F)(F)C(F)(F)F)ncc2n1C. The first-order valence-corrected chi connectivity index (χ1v) is 9.92. The molecular weight excluding hydrogens is 423 g/mol. The maximum Gasteiger partial charge on any atom is 0.459 e. The molecule has 0 spiro atoms. The van der Waals surface area contributed by atoms with E-state index in [0.717, 1.165) is 27.7 Å². The van der Waals surface area contributed by atoms with E-state index in [0.29, 0.717) is 23.1 Å². The summed E-state index contributed by atoms with van der Waals surface area (Å²) in [5, 5.41) is 0.935. The minimum atomic E-state index is -5.74. The Bertz CT molecular complexity index is 1250. The molecule has 3 aromatic heterocycles. The second-order valence-corrected chi connectivity index (χ2v) is 7.89. The third-order valence-corrected chi connectivity index (χ3v) is 5.56. The van der Waals surface area contributed by atoms with Crippen LogP contribution in [-0.4, -0.2) is 31.4 Å². The summed E-state index contributed by atoms with van der Waals surface area (Å²) in [6.45, 7) is 1.98. The molecule has 10 heteroatoms. The van der Waals surface area contributed by atoms with Crippen molar-refractivity contribution in [2.45, 2.75) is 23.9 Å². The second-order valence-electron chi connectivity index (χ2n) is 6.59. The van der Waals surface area contributed by atoms with Crippen molar-refractivity contribution in [2.75, 3.05) is 5.75 Å². The fraction of sp³-hybridized carbons (Fsp3) is 0.250. The highest BCUT2D eigenvalue weighted by atomic mass is 32.2. The zero-order valence-corrected chi connectivity index (χ0v) is 16.7. The van der Waals surface area contributed by atoms with Gasteiger partial charge in [0.15, 0.2) is 5.82 Å². The van der Waals surface area contributed by atoms with Crippen LogP contribution >= 0.6 is 11.8 Å². The van der Waals surface area contributed by atoms with Gasteiger partial charge in [-0.3, -0.25) is 4.98 Å². The van der Waals surface area contributed by atoms with Crippen molar-refractivity contribution in [3.05, 3.63) is 48.3 Å². The summed E-state index contributed by atoms with van der Waals surface area (Å²) in [6, 6.07) is 10.2. The Kier molecular flexibility index (Phi) is 4.92. The summed E-state index contributed by atoms with van der Waals surface area (Å²) in [4.78, 5) is 13.2. The third kappa shape index (κ3) is 3.28. The minimum absolute atomic E-state index is 0.0103. The Morgan fingerprint density at radius 3 is 2.43 bits per heavy atom. The molecule has 0 bridgehead atoms. The van der Waals surface area contributed by atoms with Gasteiger partial charge in [0.2, 0.25) is 0 Å². The summed E-state index contributed by atoms with van der Waals surface area (Å²) in [6.07, 6.45) is -4.76. The number of aromatic nitrogens is 4. The molecule has 0 fully saturated rings. The smallest absolute Gasteiger partial charge is 0.325 e. The van der Waals surface area contributed by atoms with Gasteiger partial charge in [0, 0.05) is 17.3 Å². The number of para-hydroxylation sites is 1. The van der Waals surface area contributed by atoms with Crippen molar-refractivity contribution in [3.63, 3.8) is 0 Å². The number of halogens is 5. The van der Waals surface area contributed by atoms with E-state index in [1.165, 1.54) is 0 Å². The molecule has 0 aliphatic carbocycles. The Morgan fingerprint density at radius 2 is 1.73 bits per heavy atom. The number of fused-ring (bicyclic) bond motifs is 2. The normalized spacial score (nSPS) is 12.8. The van der Waals surface area contributed by atoms with E-state index in [1.807, 2.05) is 37.3 Å². The molecule has 0 saturated carbocycles. The molecule has 0 aliphatic heterocycles. The summed E-state index contributed by atoms with van der Waals surface area (Å²) in [7, 11) is 1.64. The van der Waals surface area contributed by atoms with Gasteiger partial charge in [-0.25, -0.2) is 9.97 Å². The van der Waals surface area contributed by atoms with Crippen LogP contribution in [0.25, 0.3) is 33.5 Å². The van der Waals surface area contributed by atoms with Crippen molar-refractivity contribution in [1.82, 2.24) is 19.5 Å². The number of rotatable bonds is 4. The van der Waals surface area contributed by atoms with Crippen molar-refractivity contribution in [3.8, 4) is 11.5 Å². The van der Waals surface area contributed by atoms with Crippen molar-refractivity contribution in [1.29, 1.82) is 0 Å². The maximum atomic E-state index is 13.7. The summed E-state index contributed by atoms with van der Waals surface area (Å²) in [5.74, 6) is -3.94. The van der Waals surface area contributed by atoms with Gasteiger partial charge in [0.25, 0.3) is 0 Å². The molecular formula is C20H15F5N4S. The van der Waals surface area contributed by atoms with Crippen LogP contribution in [0.3, 0.4) is 0 Å². The van der Waals surface area contributed by atoms with Crippen LogP contribution in [-0.2, 0) is 13.0 Å². The maximum absolute atomic E-state index is 13.7. The van der Waals surface area contributed by atoms with Gasteiger partial charge in [-0.2, -0.15) is 22.0 Å². The molecule has 30 heavy (non-hydrogen) atoms. The Morgan fingerprint density at radius 1 is 1.00 bits per heavy atom. The molecule has 1 aromatic carbocycles. The summed E-state index contributed by atoms with van der Waals surface area (Å²) >= 11 is 1.54. The molecule has 3 heterocycles. The number of nitrogens with zero attached hydrogens (tertiary/aromatic N) is 4. The Balaban J connectivity index is 1.92. The lowest BCUT2D eigenvalue weighted by atomic mass is 10.2. The van der Waals surface area contributed by atoms with Crippen molar-refractivity contribution in [2.24, 2.45) is 7.05 Å². The number of benzene rings is 1. The highest BCUT2D eigenvalue weighted by molar-refractivity contribution is 7.99. The number of hydrogen-bond donors (Lipinski definition) is 0. The molecule has 4 rings (SSSR count). The average Bonchev–Trinajstić information content (AvgIpc) is 3.02. The van der Waals surface area contributed by atoms with Gasteiger partial charge < -0.3 is 4.57 Å². The van der Waals surface area contributed by atoms with Crippen LogP contribution in [0.5, 0.6) is 0 Å². The predicted octanol–water partition coefficient (Wildman–Crippen LogP) is 5.95. The molecule has 4 aromatic rings. The van der Waals surface area contributed by atoms with E-state index in [4.69, 9.17) is 0 Å². The molecule has 0 N–H and O–H groups in total. The van der Waals surface area contributed by atoms with Gasteiger partial charge in [0.1, 0.15) is 11.4 Å². The van der Waals surface area contributed by atoms with Gasteiger partial charge in [-0.15, -0.1) is 11.8 Å². The number of thioether (sulfide) groups is 1. The minimum Gasteiger partial charge on any atom is -0.325 e. The van der Waals surface area contributed by atoms with Crippen molar-refractivity contribution < 1.29 is 22.0 Å². The van der Waals surface area contributed by atoms with Crippen LogP contribution < -0.4 is 0 Å². The molecule has 0 saturated heterocycles. The lowest BCUT2D eigenvalue weighted by Crippen LogP contribution is -2.34. The molecule has 156 valence electrons. The molecule has 0 aliphatic rings. The lowest BCUT2D eigenvalue weighted by Gasteiger charge is -2.18. The Hall–Kier alpha value is -2.75. The first-order valence-electron chi connectivity index (χ1n) is 8.94. The first kappa shape index (κ1) is 20.5. The predicted molar refractivity (Wildman–Crippen MR) is 106 cm³/mol. The first-order chi connectivity index (χ1) is 14.1. The highest BCUT2D eigenvalue weighted by Gasteiger charge is 2.60. The van der Waals surface area contributed by atoms with Crippen LogP contribution in [0.4, 0.5) is 22.0 Å². The van der Waals surface area contributed by atoms with E-state index in [-0.39, 0.29) is 5.52 Å². The number of hydrogen-bond acceptors (Lipinski definition) is 4. The third-order valence-electron chi connectivity index (χ3n) is 4.65. The van der Waals surface area contributed by atoms with Crippen LogP contribution in [0.2, 0.25) is 0 Å². The molecule has 0 radical (unpaired) electrons. The summed E-state index contributed by atoms with van der Waals surface area (Å²) in [5.41, 5.74) is 0.186. The monoisotopic (exact) mass is 438 g/mol. The van der Waals surface area contributed by atoms with Crippen molar-refractivity contribution >= 4 is 33.7 Å². The largest absolute Gasteiger partial charge is 0.459 e. The van der Waals surface area contributed by atoms with Crippen LogP contribution in [0.15, 0.2) is 47.5 Å². The van der Waals surface area contributed by atoms with Gasteiger partial charge >= 0.3 is 12.1 Å². The highest BCUT2D eigenvalue weighted by Crippen LogP contribution is 2.43. The molecule has 0 amide bonds. The topological polar surface area (TPSA) is 43.6 Å². The zero-order chi connectivity index (χ0) is 21.7. The van der Waals surface area contributed by atoms with E-state index in [9.17, 15) is 22.0 Å². The molecule has 0 atom stereocenters. The number of alkyl halides is 5. The summed E-state index contributed by atoms with van der Waals surface area (Å²) < 4.78 is 67.2. The van der Waals surface area contributed by atoms with Gasteiger partial charge in [0.05, 0.1) is 22.7 Å². The zero-order valence-electron chi connectivity index (χ0n) is 15.8. The van der Waals surface area contributed by atoms with E-state index in [1.54, 1.807) is 23.4 Å². The number of imidazole rings is 1. The van der Waals surface area contributed by atoms with E-state index in [2.05, 4.69) is 15.0 Å².